The second-order valence-corrected chi connectivity index (χ2v) is 6.86. The summed E-state index contributed by atoms with van der Waals surface area (Å²) >= 11 is 0. The van der Waals surface area contributed by atoms with Gasteiger partial charge in [-0.2, -0.15) is 0 Å². The van der Waals surface area contributed by atoms with E-state index in [9.17, 15) is 14.4 Å². The number of rotatable bonds is 6. The quantitative estimate of drug-likeness (QED) is 0.730. The van der Waals surface area contributed by atoms with Crippen LogP contribution in [0.15, 0.2) is 42.5 Å². The fourth-order valence-corrected chi connectivity index (χ4v) is 3.30. The van der Waals surface area contributed by atoms with Gasteiger partial charge >= 0.3 is 0 Å². The van der Waals surface area contributed by atoms with Crippen LogP contribution in [-0.4, -0.2) is 37.0 Å². The summed E-state index contributed by atoms with van der Waals surface area (Å²) in [7, 11) is 0. The molecule has 2 aromatic carbocycles. The average Bonchev–Trinajstić information content (AvgIpc) is 2.99. The highest BCUT2D eigenvalue weighted by Gasteiger charge is 2.39. The maximum atomic E-state index is 12.8. The van der Waals surface area contributed by atoms with E-state index in [2.05, 4.69) is 10.6 Å². The summed E-state index contributed by atoms with van der Waals surface area (Å²) in [6.07, 6.45) is 0.948. The first-order valence-corrected chi connectivity index (χ1v) is 9.48. The van der Waals surface area contributed by atoms with Crippen molar-refractivity contribution in [2.24, 2.45) is 0 Å². The molecule has 2 aromatic rings. The fourth-order valence-electron chi connectivity index (χ4n) is 3.30. The lowest BCUT2D eigenvalue weighted by Crippen LogP contribution is -2.34. The van der Waals surface area contributed by atoms with Gasteiger partial charge in [0.2, 0.25) is 5.91 Å². The molecule has 1 fully saturated rings. The van der Waals surface area contributed by atoms with E-state index in [-0.39, 0.29) is 30.7 Å². The van der Waals surface area contributed by atoms with E-state index in [1.165, 1.54) is 4.90 Å². The number of hydrogen-bond donors (Lipinski definition) is 2. The van der Waals surface area contributed by atoms with Crippen molar-refractivity contribution in [3.8, 4) is 11.5 Å². The van der Waals surface area contributed by atoms with Crippen molar-refractivity contribution in [2.45, 2.75) is 25.8 Å². The van der Waals surface area contributed by atoms with Gasteiger partial charge in [0, 0.05) is 5.69 Å². The lowest BCUT2D eigenvalue weighted by molar-refractivity contribution is -0.121. The molecule has 8 heteroatoms. The Morgan fingerprint density at radius 3 is 2.72 bits per heavy atom. The number of carbonyl (C=O) groups is 3. The van der Waals surface area contributed by atoms with Crippen LogP contribution in [0.25, 0.3) is 0 Å². The van der Waals surface area contributed by atoms with Gasteiger partial charge in [-0.3, -0.25) is 14.4 Å². The maximum Gasteiger partial charge on any atom is 0.262 e. The van der Waals surface area contributed by atoms with Crippen LogP contribution in [0.5, 0.6) is 11.5 Å². The Morgan fingerprint density at radius 2 is 1.97 bits per heavy atom. The van der Waals surface area contributed by atoms with E-state index >= 15 is 0 Å². The van der Waals surface area contributed by atoms with Crippen molar-refractivity contribution >= 4 is 34.8 Å². The van der Waals surface area contributed by atoms with Crippen LogP contribution in [-0.2, 0) is 14.4 Å². The van der Waals surface area contributed by atoms with Gasteiger partial charge in [-0.25, -0.2) is 4.90 Å². The summed E-state index contributed by atoms with van der Waals surface area (Å²) in [6.45, 7) is 2.61. The normalized spacial score (nSPS) is 18.2. The summed E-state index contributed by atoms with van der Waals surface area (Å²) in [5.41, 5.74) is 1.66. The van der Waals surface area contributed by atoms with E-state index in [0.717, 1.165) is 6.42 Å². The molecule has 150 valence electrons. The first-order chi connectivity index (χ1) is 14.0. The number of anilines is 3. The zero-order valence-electron chi connectivity index (χ0n) is 15.9. The number of amides is 3. The molecule has 0 aliphatic carbocycles. The molecule has 0 aromatic heterocycles. The lowest BCUT2D eigenvalue weighted by atomic mass is 10.2. The van der Waals surface area contributed by atoms with Crippen LogP contribution in [0.1, 0.15) is 19.8 Å². The van der Waals surface area contributed by atoms with Gasteiger partial charge in [0.1, 0.15) is 17.5 Å². The molecule has 2 N–H and O–H groups in total. The first kappa shape index (κ1) is 18.8. The van der Waals surface area contributed by atoms with E-state index < -0.39 is 6.04 Å². The van der Waals surface area contributed by atoms with Crippen molar-refractivity contribution in [2.75, 3.05) is 28.7 Å². The SMILES string of the molecule is CCCOc1ccc(N2C(=O)C[C@@H](Nc3ccc4c(c3)NC(=O)CO4)C2=O)cc1. The fraction of sp³-hybridized carbons (Fsp3) is 0.286. The summed E-state index contributed by atoms with van der Waals surface area (Å²) in [5.74, 6) is 0.428. The van der Waals surface area contributed by atoms with Gasteiger partial charge in [-0.15, -0.1) is 0 Å². The van der Waals surface area contributed by atoms with Crippen LogP contribution < -0.4 is 25.0 Å². The number of ether oxygens (including phenoxy) is 2. The predicted molar refractivity (Wildman–Crippen MR) is 107 cm³/mol. The first-order valence-electron chi connectivity index (χ1n) is 9.48. The molecule has 4 rings (SSSR count). The van der Waals surface area contributed by atoms with Crippen LogP contribution in [0.2, 0.25) is 0 Å². The topological polar surface area (TPSA) is 97.0 Å². The molecule has 2 heterocycles. The number of carbonyl (C=O) groups excluding carboxylic acids is 3. The molecule has 1 saturated heterocycles. The van der Waals surface area contributed by atoms with Gasteiger partial charge in [-0.1, -0.05) is 6.92 Å². The molecule has 3 amide bonds. The number of nitrogens with one attached hydrogen (secondary N) is 2. The Morgan fingerprint density at radius 1 is 1.17 bits per heavy atom. The third-order valence-corrected chi connectivity index (χ3v) is 4.67. The zero-order chi connectivity index (χ0) is 20.4. The number of imide groups is 1. The average molecular weight is 395 g/mol. The van der Waals surface area contributed by atoms with Crippen LogP contribution in [0, 0.1) is 0 Å². The maximum absolute atomic E-state index is 12.8. The van der Waals surface area contributed by atoms with Gasteiger partial charge in [0.25, 0.3) is 11.8 Å². The van der Waals surface area contributed by atoms with E-state index in [1.54, 1.807) is 42.5 Å². The van der Waals surface area contributed by atoms with E-state index in [4.69, 9.17) is 9.47 Å². The molecule has 8 nitrogen and oxygen atoms in total. The van der Waals surface area contributed by atoms with Gasteiger partial charge < -0.3 is 20.1 Å². The Bertz CT molecular complexity index is 957. The minimum absolute atomic E-state index is 0.0212. The third kappa shape index (κ3) is 3.87. The Balaban J connectivity index is 1.47. The van der Waals surface area contributed by atoms with Crippen LogP contribution in [0.3, 0.4) is 0 Å². The van der Waals surface area contributed by atoms with E-state index in [1.807, 2.05) is 6.92 Å². The molecule has 2 aliphatic heterocycles. The molecule has 0 bridgehead atoms. The second-order valence-electron chi connectivity index (χ2n) is 6.86. The van der Waals surface area contributed by atoms with E-state index in [0.29, 0.717) is 35.2 Å². The second kappa shape index (κ2) is 7.83. The van der Waals surface area contributed by atoms with Crippen molar-refractivity contribution in [1.29, 1.82) is 0 Å². The minimum atomic E-state index is -0.684. The monoisotopic (exact) mass is 395 g/mol. The van der Waals surface area contributed by atoms with Crippen molar-refractivity contribution < 1.29 is 23.9 Å². The molecule has 1 atom stereocenters. The van der Waals surface area contributed by atoms with Crippen LogP contribution in [0.4, 0.5) is 17.1 Å². The molecule has 0 spiro atoms. The van der Waals surface area contributed by atoms with Gasteiger partial charge in [-0.05, 0) is 48.9 Å². The molecule has 2 aliphatic rings. The summed E-state index contributed by atoms with van der Waals surface area (Å²) in [4.78, 5) is 38.0. The smallest absolute Gasteiger partial charge is 0.262 e. The highest BCUT2D eigenvalue weighted by molar-refractivity contribution is 6.23. The lowest BCUT2D eigenvalue weighted by Gasteiger charge is -2.20. The molecule has 29 heavy (non-hydrogen) atoms. The Hall–Kier alpha value is -3.55. The molecular weight excluding hydrogens is 374 g/mol. The molecule has 0 radical (unpaired) electrons. The van der Waals surface area contributed by atoms with Gasteiger partial charge in [0.15, 0.2) is 6.61 Å². The summed E-state index contributed by atoms with van der Waals surface area (Å²) in [6, 6.07) is 11.4. The molecule has 0 unspecified atom stereocenters. The number of benzene rings is 2. The number of nitrogens with zero attached hydrogens (tertiary/aromatic N) is 1. The van der Waals surface area contributed by atoms with Crippen LogP contribution >= 0.6 is 0 Å². The van der Waals surface area contributed by atoms with Crippen molar-refractivity contribution in [3.63, 3.8) is 0 Å². The number of fused-ring (bicyclic) bond motifs is 1. The standard InChI is InChI=1S/C21H21N3O5/c1-2-9-28-15-6-4-14(5-7-15)24-20(26)11-17(21(24)27)22-13-3-8-18-16(10-13)23-19(25)12-29-18/h3-8,10,17,22H,2,9,11-12H2,1H3,(H,23,25)/t17-/m1/s1. The third-order valence-electron chi connectivity index (χ3n) is 4.67. The Labute approximate surface area is 167 Å². The zero-order valence-corrected chi connectivity index (χ0v) is 15.9. The number of hydrogen-bond acceptors (Lipinski definition) is 6. The highest BCUT2D eigenvalue weighted by atomic mass is 16.5. The summed E-state index contributed by atoms with van der Waals surface area (Å²) in [5, 5.41) is 5.80. The summed E-state index contributed by atoms with van der Waals surface area (Å²) < 4.78 is 10.9. The minimum Gasteiger partial charge on any atom is -0.494 e. The Kier molecular flexibility index (Phi) is 5.07. The molecular formula is C21H21N3O5. The van der Waals surface area contributed by atoms with Gasteiger partial charge in [0.05, 0.1) is 24.4 Å². The predicted octanol–water partition coefficient (Wildman–Crippen LogP) is 2.55. The molecule has 0 saturated carbocycles. The highest BCUT2D eigenvalue weighted by Crippen LogP contribution is 2.32. The van der Waals surface area contributed by atoms with Crippen molar-refractivity contribution in [3.05, 3.63) is 42.5 Å². The van der Waals surface area contributed by atoms with Crippen molar-refractivity contribution in [1.82, 2.24) is 0 Å². The largest absolute Gasteiger partial charge is 0.494 e.